The van der Waals surface area contributed by atoms with Gasteiger partial charge in [-0.2, -0.15) is 0 Å². The minimum atomic E-state index is -0.499. The second-order valence-corrected chi connectivity index (χ2v) is 8.65. The standard InChI is InChI=1S/C24H26FN3O3/c25-17-10-4-5-11-18(17)26-24(31)27-13-20-22(16-9-3-6-12-19(16)27)21(14-29)28(20)23(30)15-7-1-2-8-15/h3-6,9-12,15,20-22,29H,1-2,7-8,13-14H2,(H,26,31)/t20-,21+,22+/m0/s1. The minimum Gasteiger partial charge on any atom is -0.394 e. The Morgan fingerprint density at radius 1 is 1.06 bits per heavy atom. The number of nitrogens with zero attached hydrogens (tertiary/aromatic N) is 2. The molecule has 0 aromatic heterocycles. The third kappa shape index (κ3) is 3.28. The van der Waals surface area contributed by atoms with Crippen molar-refractivity contribution in [3.05, 3.63) is 59.9 Å². The number of rotatable bonds is 3. The summed E-state index contributed by atoms with van der Waals surface area (Å²) in [7, 11) is 0. The lowest BCUT2D eigenvalue weighted by molar-refractivity contribution is -0.154. The van der Waals surface area contributed by atoms with Crippen molar-refractivity contribution in [2.75, 3.05) is 23.4 Å². The molecule has 1 aliphatic carbocycles. The number of aliphatic hydroxyl groups excluding tert-OH is 1. The number of benzene rings is 2. The van der Waals surface area contributed by atoms with Crippen molar-refractivity contribution in [2.45, 2.75) is 43.7 Å². The number of carbonyl (C=O) groups excluding carboxylic acids is 2. The summed E-state index contributed by atoms with van der Waals surface area (Å²) in [6.07, 6.45) is 3.89. The third-order valence-corrected chi connectivity index (χ3v) is 7.01. The van der Waals surface area contributed by atoms with Crippen molar-refractivity contribution in [1.29, 1.82) is 0 Å². The Labute approximate surface area is 180 Å². The summed E-state index contributed by atoms with van der Waals surface area (Å²) in [6, 6.07) is 12.8. The van der Waals surface area contributed by atoms with Gasteiger partial charge in [-0.3, -0.25) is 9.69 Å². The molecule has 1 saturated carbocycles. The second kappa shape index (κ2) is 7.96. The molecule has 2 N–H and O–H groups in total. The van der Waals surface area contributed by atoms with Crippen LogP contribution in [0.4, 0.5) is 20.6 Å². The van der Waals surface area contributed by atoms with Gasteiger partial charge in [-0.25, -0.2) is 9.18 Å². The molecule has 1 saturated heterocycles. The molecule has 2 fully saturated rings. The Kier molecular flexibility index (Phi) is 5.14. The summed E-state index contributed by atoms with van der Waals surface area (Å²) in [5.74, 6) is -0.412. The average molecular weight is 423 g/mol. The molecule has 3 amide bonds. The molecule has 0 spiro atoms. The zero-order valence-electron chi connectivity index (χ0n) is 17.2. The Morgan fingerprint density at radius 3 is 2.52 bits per heavy atom. The van der Waals surface area contributed by atoms with Gasteiger partial charge in [0.05, 0.1) is 24.4 Å². The molecular weight excluding hydrogens is 397 g/mol. The van der Waals surface area contributed by atoms with E-state index in [4.69, 9.17) is 0 Å². The molecule has 2 aliphatic heterocycles. The lowest BCUT2D eigenvalue weighted by Gasteiger charge is -2.59. The number of halogens is 1. The Morgan fingerprint density at radius 2 is 1.77 bits per heavy atom. The predicted molar refractivity (Wildman–Crippen MR) is 115 cm³/mol. The molecule has 0 bridgehead atoms. The van der Waals surface area contributed by atoms with Crippen LogP contribution in [0.1, 0.15) is 37.2 Å². The highest BCUT2D eigenvalue weighted by molar-refractivity contribution is 6.03. The number of para-hydroxylation sites is 2. The van der Waals surface area contributed by atoms with E-state index in [1.165, 1.54) is 12.1 Å². The smallest absolute Gasteiger partial charge is 0.326 e. The van der Waals surface area contributed by atoms with Crippen LogP contribution in [0.3, 0.4) is 0 Å². The Balaban J connectivity index is 1.45. The van der Waals surface area contributed by atoms with Gasteiger partial charge in [-0.15, -0.1) is 0 Å². The van der Waals surface area contributed by atoms with Crippen molar-refractivity contribution in [2.24, 2.45) is 5.92 Å². The van der Waals surface area contributed by atoms with Gasteiger partial charge in [-0.05, 0) is 36.6 Å². The van der Waals surface area contributed by atoms with Crippen LogP contribution in [0.5, 0.6) is 0 Å². The van der Waals surface area contributed by atoms with Gasteiger partial charge in [0.2, 0.25) is 5.91 Å². The van der Waals surface area contributed by atoms with Gasteiger partial charge in [0.1, 0.15) is 5.82 Å². The zero-order chi connectivity index (χ0) is 21.5. The topological polar surface area (TPSA) is 72.9 Å². The molecule has 2 aromatic carbocycles. The van der Waals surface area contributed by atoms with E-state index in [9.17, 15) is 19.1 Å². The first-order valence-electron chi connectivity index (χ1n) is 10.9. The number of anilines is 2. The van der Waals surface area contributed by atoms with Gasteiger partial charge in [0.15, 0.2) is 0 Å². The molecule has 2 heterocycles. The average Bonchev–Trinajstić information content (AvgIpc) is 3.30. The molecule has 5 rings (SSSR count). The fourth-order valence-electron chi connectivity index (χ4n) is 5.51. The van der Waals surface area contributed by atoms with Crippen molar-refractivity contribution >= 4 is 23.3 Å². The van der Waals surface area contributed by atoms with Gasteiger partial charge < -0.3 is 15.3 Å². The normalized spacial score (nSPS) is 24.9. The van der Waals surface area contributed by atoms with Crippen LogP contribution in [0, 0.1) is 11.7 Å². The summed E-state index contributed by atoms with van der Waals surface area (Å²) >= 11 is 0. The lowest BCUT2D eigenvalue weighted by Crippen LogP contribution is -2.71. The SMILES string of the molecule is O=C(Nc1ccccc1F)N1C[C@H]2[C@@H](c3ccccc31)[C@@H](CO)N2C(=O)C1CCCC1. The molecule has 6 nitrogen and oxygen atoms in total. The number of fused-ring (bicyclic) bond motifs is 3. The van der Waals surface area contributed by atoms with Crippen LogP contribution >= 0.6 is 0 Å². The maximum atomic E-state index is 14.1. The largest absolute Gasteiger partial charge is 0.394 e. The molecule has 3 aliphatic rings. The number of nitrogens with one attached hydrogen (secondary N) is 1. The number of amides is 3. The van der Waals surface area contributed by atoms with E-state index >= 15 is 0 Å². The summed E-state index contributed by atoms with van der Waals surface area (Å²) in [5, 5.41) is 12.7. The highest BCUT2D eigenvalue weighted by Gasteiger charge is 2.56. The van der Waals surface area contributed by atoms with E-state index in [1.54, 1.807) is 21.9 Å². The van der Waals surface area contributed by atoms with Crippen LogP contribution in [0.2, 0.25) is 0 Å². The van der Waals surface area contributed by atoms with E-state index in [2.05, 4.69) is 5.32 Å². The number of hydrogen-bond acceptors (Lipinski definition) is 3. The van der Waals surface area contributed by atoms with Gasteiger partial charge >= 0.3 is 6.03 Å². The van der Waals surface area contributed by atoms with Crippen molar-refractivity contribution in [3.8, 4) is 0 Å². The maximum absolute atomic E-state index is 14.1. The number of aliphatic hydroxyl groups is 1. The Hall–Kier alpha value is -2.93. The van der Waals surface area contributed by atoms with Crippen LogP contribution in [-0.2, 0) is 4.79 Å². The minimum absolute atomic E-state index is 0.00728. The maximum Gasteiger partial charge on any atom is 0.326 e. The number of urea groups is 1. The van der Waals surface area contributed by atoms with Crippen molar-refractivity contribution in [3.63, 3.8) is 0 Å². The van der Waals surface area contributed by atoms with Crippen molar-refractivity contribution in [1.82, 2.24) is 4.90 Å². The van der Waals surface area contributed by atoms with E-state index in [1.807, 2.05) is 24.3 Å². The highest BCUT2D eigenvalue weighted by Crippen LogP contribution is 2.49. The molecule has 31 heavy (non-hydrogen) atoms. The van der Waals surface area contributed by atoms with E-state index in [0.717, 1.165) is 36.9 Å². The van der Waals surface area contributed by atoms with E-state index in [-0.39, 0.29) is 42.1 Å². The van der Waals surface area contributed by atoms with Crippen LogP contribution in [0.15, 0.2) is 48.5 Å². The molecule has 7 heteroatoms. The van der Waals surface area contributed by atoms with Crippen LogP contribution in [-0.4, -0.2) is 47.2 Å². The predicted octanol–water partition coefficient (Wildman–Crippen LogP) is 3.72. The number of hydrogen-bond donors (Lipinski definition) is 2. The van der Waals surface area contributed by atoms with E-state index in [0.29, 0.717) is 6.54 Å². The summed E-state index contributed by atoms with van der Waals surface area (Å²) in [5.41, 5.74) is 1.80. The summed E-state index contributed by atoms with van der Waals surface area (Å²) in [6.45, 7) is 0.215. The molecule has 0 unspecified atom stereocenters. The summed E-state index contributed by atoms with van der Waals surface area (Å²) < 4.78 is 14.1. The monoisotopic (exact) mass is 423 g/mol. The third-order valence-electron chi connectivity index (χ3n) is 7.01. The van der Waals surface area contributed by atoms with Gasteiger partial charge in [0, 0.05) is 24.1 Å². The Bertz CT molecular complexity index is 1010. The first-order chi connectivity index (χ1) is 15.1. The molecule has 3 atom stereocenters. The lowest BCUT2D eigenvalue weighted by atomic mass is 9.71. The highest BCUT2D eigenvalue weighted by atomic mass is 19.1. The zero-order valence-corrected chi connectivity index (χ0v) is 17.2. The molecular formula is C24H26FN3O3. The molecule has 0 radical (unpaired) electrons. The first-order valence-corrected chi connectivity index (χ1v) is 10.9. The van der Waals surface area contributed by atoms with E-state index < -0.39 is 11.8 Å². The molecule has 2 aromatic rings. The van der Waals surface area contributed by atoms with Crippen molar-refractivity contribution < 1.29 is 19.1 Å². The first kappa shape index (κ1) is 20.0. The summed E-state index contributed by atoms with van der Waals surface area (Å²) in [4.78, 5) is 29.8. The quantitative estimate of drug-likeness (QED) is 0.790. The number of carbonyl (C=O) groups is 2. The van der Waals surface area contributed by atoms with Crippen LogP contribution < -0.4 is 10.2 Å². The fourth-order valence-corrected chi connectivity index (χ4v) is 5.51. The van der Waals surface area contributed by atoms with Gasteiger partial charge in [0.25, 0.3) is 0 Å². The van der Waals surface area contributed by atoms with Crippen LogP contribution in [0.25, 0.3) is 0 Å². The van der Waals surface area contributed by atoms with Gasteiger partial charge in [-0.1, -0.05) is 43.2 Å². The fraction of sp³-hybridized carbons (Fsp3) is 0.417. The number of likely N-dealkylation sites (tertiary alicyclic amines) is 1. The molecule has 162 valence electrons. The second-order valence-electron chi connectivity index (χ2n) is 8.65.